The summed E-state index contributed by atoms with van der Waals surface area (Å²) in [6.45, 7) is 4.12. The second-order valence-electron chi connectivity index (χ2n) is 2.52. The molecule has 0 aromatic heterocycles. The third-order valence-corrected chi connectivity index (χ3v) is 2.54. The Morgan fingerprint density at radius 3 is 2.18 bits per heavy atom. The average molecular weight is 210 g/mol. The molecule has 0 saturated heterocycles. The van der Waals surface area contributed by atoms with E-state index in [1.54, 1.807) is 0 Å². The van der Waals surface area contributed by atoms with Gasteiger partial charge in [0.25, 0.3) is 0 Å². The number of hydrogen-bond acceptors (Lipinski definition) is 1. The van der Waals surface area contributed by atoms with Crippen molar-refractivity contribution in [3.05, 3.63) is 29.3 Å². The molecule has 0 radical (unpaired) electrons. The SMILES string of the molecule is Cc1cc(C)cc([Se]C#N)c1. The van der Waals surface area contributed by atoms with Crippen molar-refractivity contribution < 1.29 is 0 Å². The van der Waals surface area contributed by atoms with Crippen molar-refractivity contribution in [2.24, 2.45) is 0 Å². The molecular formula is C9H9NSe. The van der Waals surface area contributed by atoms with E-state index in [4.69, 9.17) is 5.26 Å². The van der Waals surface area contributed by atoms with Crippen LogP contribution >= 0.6 is 0 Å². The first-order valence-corrected chi connectivity index (χ1v) is 5.08. The molecule has 0 bridgehead atoms. The molecule has 0 heterocycles. The Labute approximate surface area is 73.2 Å². The summed E-state index contributed by atoms with van der Waals surface area (Å²) in [4.78, 5) is 2.20. The van der Waals surface area contributed by atoms with E-state index < -0.39 is 0 Å². The number of hydrogen-bond donors (Lipinski definition) is 0. The van der Waals surface area contributed by atoms with Crippen LogP contribution in [0, 0.1) is 24.1 Å². The Bertz CT molecular complexity index is 279. The summed E-state index contributed by atoms with van der Waals surface area (Å²) in [5.74, 6) is 0. The van der Waals surface area contributed by atoms with Crippen LogP contribution in [0.25, 0.3) is 0 Å². The molecule has 1 nitrogen and oxygen atoms in total. The van der Waals surface area contributed by atoms with Crippen LogP contribution in [0.2, 0.25) is 0 Å². The zero-order chi connectivity index (χ0) is 8.27. The second-order valence-corrected chi connectivity index (χ2v) is 4.32. The maximum absolute atomic E-state index is 8.48. The normalized spacial score (nSPS) is 9.18. The number of benzene rings is 1. The van der Waals surface area contributed by atoms with Gasteiger partial charge in [-0.15, -0.1) is 0 Å². The van der Waals surface area contributed by atoms with Gasteiger partial charge in [-0.25, -0.2) is 0 Å². The van der Waals surface area contributed by atoms with Gasteiger partial charge >= 0.3 is 72.8 Å². The second kappa shape index (κ2) is 3.57. The van der Waals surface area contributed by atoms with E-state index >= 15 is 0 Å². The van der Waals surface area contributed by atoms with Crippen LogP contribution in [0.4, 0.5) is 0 Å². The fraction of sp³-hybridized carbons (Fsp3) is 0.222. The molecule has 0 atom stereocenters. The Morgan fingerprint density at radius 2 is 1.73 bits per heavy atom. The number of aryl methyl sites for hydroxylation is 2. The molecule has 56 valence electrons. The third kappa shape index (κ3) is 2.38. The van der Waals surface area contributed by atoms with E-state index in [1.165, 1.54) is 15.6 Å². The van der Waals surface area contributed by atoms with Crippen molar-refractivity contribution in [1.82, 2.24) is 0 Å². The molecule has 0 N–H and O–H groups in total. The summed E-state index contributed by atoms with van der Waals surface area (Å²) in [6.07, 6.45) is 0. The molecule has 0 spiro atoms. The fourth-order valence-electron chi connectivity index (χ4n) is 1.04. The molecule has 2 heteroatoms. The first-order valence-electron chi connectivity index (χ1n) is 3.36. The van der Waals surface area contributed by atoms with E-state index in [-0.39, 0.29) is 15.0 Å². The summed E-state index contributed by atoms with van der Waals surface area (Å²) >= 11 is -0.00319. The Morgan fingerprint density at radius 1 is 1.18 bits per heavy atom. The molecule has 0 aliphatic rings. The van der Waals surface area contributed by atoms with Crippen molar-refractivity contribution in [3.63, 3.8) is 0 Å². The van der Waals surface area contributed by atoms with Crippen molar-refractivity contribution in [2.75, 3.05) is 0 Å². The molecule has 0 aliphatic carbocycles. The minimum atomic E-state index is -0.00319. The molecule has 1 aromatic carbocycles. The van der Waals surface area contributed by atoms with Gasteiger partial charge in [-0.2, -0.15) is 0 Å². The van der Waals surface area contributed by atoms with Gasteiger partial charge in [-0.1, -0.05) is 0 Å². The molecule has 0 unspecified atom stereocenters. The Balaban J connectivity index is 3.01. The molecule has 0 saturated carbocycles. The Hall–Kier alpha value is -0.771. The molecule has 1 aromatic rings. The molecule has 1 rings (SSSR count). The van der Waals surface area contributed by atoms with Gasteiger partial charge in [0.1, 0.15) is 0 Å². The van der Waals surface area contributed by atoms with Gasteiger partial charge in [0.05, 0.1) is 0 Å². The summed E-state index contributed by atoms with van der Waals surface area (Å²) in [6, 6.07) is 6.28. The van der Waals surface area contributed by atoms with Crippen LogP contribution in [0.15, 0.2) is 18.2 Å². The fourth-order valence-corrected chi connectivity index (χ4v) is 2.29. The van der Waals surface area contributed by atoms with Crippen molar-refractivity contribution in [3.8, 4) is 4.97 Å². The van der Waals surface area contributed by atoms with Crippen LogP contribution < -0.4 is 4.46 Å². The van der Waals surface area contributed by atoms with E-state index in [1.807, 2.05) is 0 Å². The van der Waals surface area contributed by atoms with Crippen molar-refractivity contribution >= 4 is 19.4 Å². The van der Waals surface area contributed by atoms with Crippen LogP contribution in [-0.2, 0) is 0 Å². The van der Waals surface area contributed by atoms with E-state index in [9.17, 15) is 0 Å². The third-order valence-electron chi connectivity index (χ3n) is 1.36. The van der Waals surface area contributed by atoms with Gasteiger partial charge < -0.3 is 0 Å². The molecule has 11 heavy (non-hydrogen) atoms. The zero-order valence-electron chi connectivity index (χ0n) is 6.59. The predicted octanol–water partition coefficient (Wildman–Crippen LogP) is 1.11. The summed E-state index contributed by atoms with van der Waals surface area (Å²) < 4.78 is 1.18. The van der Waals surface area contributed by atoms with Gasteiger partial charge in [-0.05, 0) is 0 Å². The van der Waals surface area contributed by atoms with E-state index in [2.05, 4.69) is 37.0 Å². The molecular weight excluding hydrogens is 201 g/mol. The molecule has 0 amide bonds. The van der Waals surface area contributed by atoms with Crippen LogP contribution in [0.5, 0.6) is 0 Å². The van der Waals surface area contributed by atoms with Crippen molar-refractivity contribution in [2.45, 2.75) is 13.8 Å². The molecule has 0 fully saturated rings. The van der Waals surface area contributed by atoms with Crippen LogP contribution in [-0.4, -0.2) is 15.0 Å². The van der Waals surface area contributed by atoms with Crippen LogP contribution in [0.3, 0.4) is 0 Å². The van der Waals surface area contributed by atoms with Crippen LogP contribution in [0.1, 0.15) is 11.1 Å². The van der Waals surface area contributed by atoms with Gasteiger partial charge in [0, 0.05) is 0 Å². The maximum atomic E-state index is 8.48. The Kier molecular flexibility index (Phi) is 2.70. The monoisotopic (exact) mass is 211 g/mol. The number of rotatable bonds is 1. The van der Waals surface area contributed by atoms with E-state index in [0.29, 0.717) is 0 Å². The summed E-state index contributed by atoms with van der Waals surface area (Å²) in [7, 11) is 0. The standard InChI is InChI=1S/C9H9NSe/c1-7-3-8(2)5-9(4-7)11-6-10/h3-5H,1-2H3. The first kappa shape index (κ1) is 8.33. The van der Waals surface area contributed by atoms with Gasteiger partial charge in [0.2, 0.25) is 0 Å². The molecule has 0 aliphatic heterocycles. The zero-order valence-corrected chi connectivity index (χ0v) is 8.30. The topological polar surface area (TPSA) is 23.8 Å². The summed E-state index contributed by atoms with van der Waals surface area (Å²) in [5, 5.41) is 8.48. The quantitative estimate of drug-likeness (QED) is 0.637. The van der Waals surface area contributed by atoms with Gasteiger partial charge in [-0.3, -0.25) is 0 Å². The van der Waals surface area contributed by atoms with Crippen molar-refractivity contribution in [1.29, 1.82) is 5.26 Å². The predicted molar refractivity (Wildman–Crippen MR) is 46.9 cm³/mol. The number of nitriles is 1. The number of nitrogens with zero attached hydrogens (tertiary/aromatic N) is 1. The van der Waals surface area contributed by atoms with E-state index in [0.717, 1.165) is 0 Å². The summed E-state index contributed by atoms with van der Waals surface area (Å²) in [5.41, 5.74) is 2.49. The first-order chi connectivity index (χ1) is 5.22. The minimum absolute atomic E-state index is 0.00319. The van der Waals surface area contributed by atoms with Gasteiger partial charge in [0.15, 0.2) is 0 Å². The average Bonchev–Trinajstić information content (AvgIpc) is 1.85.